The second kappa shape index (κ2) is 7.15. The van der Waals surface area contributed by atoms with Gasteiger partial charge in [-0.25, -0.2) is 9.67 Å². The SMILES string of the molecule is COc1ccc2nc3c(cc2c1)c(NC(=O)[C@@H]1CCCO1)nn3CC(C)C. The molecule has 3 heterocycles. The van der Waals surface area contributed by atoms with E-state index in [1.165, 1.54) is 0 Å². The molecule has 0 saturated carbocycles. The zero-order chi connectivity index (χ0) is 19.0. The summed E-state index contributed by atoms with van der Waals surface area (Å²) in [5.41, 5.74) is 1.63. The summed E-state index contributed by atoms with van der Waals surface area (Å²) in [5.74, 6) is 1.56. The van der Waals surface area contributed by atoms with Gasteiger partial charge in [0.05, 0.1) is 18.0 Å². The summed E-state index contributed by atoms with van der Waals surface area (Å²) in [7, 11) is 1.64. The van der Waals surface area contributed by atoms with Crippen molar-refractivity contribution in [3.63, 3.8) is 0 Å². The molecule has 1 atom stereocenters. The van der Waals surface area contributed by atoms with E-state index >= 15 is 0 Å². The first-order valence-electron chi connectivity index (χ1n) is 9.33. The van der Waals surface area contributed by atoms with Crippen molar-refractivity contribution in [1.29, 1.82) is 0 Å². The maximum atomic E-state index is 12.5. The Kier molecular flexibility index (Phi) is 4.70. The van der Waals surface area contributed by atoms with Crippen LogP contribution in [0.1, 0.15) is 26.7 Å². The van der Waals surface area contributed by atoms with Crippen LogP contribution in [0.5, 0.6) is 5.75 Å². The average molecular weight is 368 g/mol. The third-order valence-electron chi connectivity index (χ3n) is 4.72. The van der Waals surface area contributed by atoms with Gasteiger partial charge in [-0.2, -0.15) is 5.10 Å². The van der Waals surface area contributed by atoms with E-state index in [1.807, 2.05) is 28.9 Å². The van der Waals surface area contributed by atoms with E-state index in [1.54, 1.807) is 7.11 Å². The van der Waals surface area contributed by atoms with Gasteiger partial charge in [-0.1, -0.05) is 13.8 Å². The molecule has 2 aromatic heterocycles. The number of rotatable bonds is 5. The van der Waals surface area contributed by atoms with Crippen LogP contribution >= 0.6 is 0 Å². The number of ether oxygens (including phenoxy) is 2. The van der Waals surface area contributed by atoms with Gasteiger partial charge in [-0.15, -0.1) is 0 Å². The smallest absolute Gasteiger partial charge is 0.254 e. The molecule has 1 N–H and O–H groups in total. The zero-order valence-electron chi connectivity index (χ0n) is 15.9. The van der Waals surface area contributed by atoms with Gasteiger partial charge in [-0.05, 0) is 43.0 Å². The Balaban J connectivity index is 1.80. The number of methoxy groups -OCH3 is 1. The van der Waals surface area contributed by atoms with Crippen LogP contribution in [0.3, 0.4) is 0 Å². The average Bonchev–Trinajstić information content (AvgIpc) is 3.29. The summed E-state index contributed by atoms with van der Waals surface area (Å²) in [5, 5.41) is 9.35. The number of amides is 1. The minimum atomic E-state index is -0.399. The molecule has 0 unspecified atom stereocenters. The molecule has 27 heavy (non-hydrogen) atoms. The molecule has 1 amide bonds. The molecule has 0 bridgehead atoms. The normalized spacial score (nSPS) is 17.1. The summed E-state index contributed by atoms with van der Waals surface area (Å²) in [6.07, 6.45) is 1.25. The maximum absolute atomic E-state index is 12.5. The van der Waals surface area contributed by atoms with Crippen LogP contribution in [0.4, 0.5) is 5.82 Å². The largest absolute Gasteiger partial charge is 0.497 e. The van der Waals surface area contributed by atoms with E-state index in [9.17, 15) is 4.79 Å². The summed E-state index contributed by atoms with van der Waals surface area (Å²) in [6.45, 7) is 5.61. The Morgan fingerprint density at radius 2 is 2.26 bits per heavy atom. The Bertz CT molecular complexity index is 990. The number of pyridine rings is 1. The van der Waals surface area contributed by atoms with Crippen LogP contribution in [-0.4, -0.2) is 40.5 Å². The van der Waals surface area contributed by atoms with Crippen molar-refractivity contribution < 1.29 is 14.3 Å². The highest BCUT2D eigenvalue weighted by molar-refractivity contribution is 6.04. The minimum Gasteiger partial charge on any atom is -0.497 e. The molecular weight excluding hydrogens is 344 g/mol. The van der Waals surface area contributed by atoms with E-state index < -0.39 is 6.10 Å². The Morgan fingerprint density at radius 1 is 1.41 bits per heavy atom. The first-order valence-corrected chi connectivity index (χ1v) is 9.33. The highest BCUT2D eigenvalue weighted by atomic mass is 16.5. The number of hydrogen-bond donors (Lipinski definition) is 1. The minimum absolute atomic E-state index is 0.144. The topological polar surface area (TPSA) is 78.3 Å². The lowest BCUT2D eigenvalue weighted by Crippen LogP contribution is -2.27. The molecule has 1 aliphatic rings. The molecule has 1 aromatic carbocycles. The van der Waals surface area contributed by atoms with Gasteiger partial charge >= 0.3 is 0 Å². The number of fused-ring (bicyclic) bond motifs is 2. The number of aromatic nitrogens is 3. The molecule has 142 valence electrons. The van der Waals surface area contributed by atoms with Gasteiger partial charge in [0.1, 0.15) is 11.9 Å². The fourth-order valence-electron chi connectivity index (χ4n) is 3.41. The van der Waals surface area contributed by atoms with Gasteiger partial charge in [-0.3, -0.25) is 4.79 Å². The van der Waals surface area contributed by atoms with Crippen molar-refractivity contribution in [2.75, 3.05) is 19.0 Å². The molecule has 4 rings (SSSR count). The predicted octanol–water partition coefficient (Wildman–Crippen LogP) is 3.37. The molecule has 1 fully saturated rings. The van der Waals surface area contributed by atoms with Crippen molar-refractivity contribution in [1.82, 2.24) is 14.8 Å². The van der Waals surface area contributed by atoms with Crippen molar-refractivity contribution in [2.24, 2.45) is 5.92 Å². The Morgan fingerprint density at radius 3 is 2.96 bits per heavy atom. The summed E-state index contributed by atoms with van der Waals surface area (Å²) in [6, 6.07) is 7.78. The second-order valence-electron chi connectivity index (χ2n) is 7.33. The Hall–Kier alpha value is -2.67. The zero-order valence-corrected chi connectivity index (χ0v) is 15.9. The maximum Gasteiger partial charge on any atom is 0.254 e. The third-order valence-corrected chi connectivity index (χ3v) is 4.72. The molecule has 0 radical (unpaired) electrons. The van der Waals surface area contributed by atoms with E-state index in [0.717, 1.165) is 47.1 Å². The highest BCUT2D eigenvalue weighted by Crippen LogP contribution is 2.29. The second-order valence-corrected chi connectivity index (χ2v) is 7.33. The number of benzene rings is 1. The number of anilines is 1. The van der Waals surface area contributed by atoms with Gasteiger partial charge in [0.15, 0.2) is 11.5 Å². The van der Waals surface area contributed by atoms with Gasteiger partial charge in [0.25, 0.3) is 5.91 Å². The van der Waals surface area contributed by atoms with E-state index in [0.29, 0.717) is 18.3 Å². The first-order chi connectivity index (χ1) is 13.0. The van der Waals surface area contributed by atoms with Crippen molar-refractivity contribution >= 4 is 33.7 Å². The number of carbonyl (C=O) groups is 1. The van der Waals surface area contributed by atoms with Crippen molar-refractivity contribution in [2.45, 2.75) is 39.3 Å². The lowest BCUT2D eigenvalue weighted by Gasteiger charge is -2.08. The third kappa shape index (κ3) is 3.47. The van der Waals surface area contributed by atoms with E-state index in [4.69, 9.17) is 14.5 Å². The van der Waals surface area contributed by atoms with Gasteiger partial charge < -0.3 is 14.8 Å². The highest BCUT2D eigenvalue weighted by Gasteiger charge is 2.25. The van der Waals surface area contributed by atoms with Gasteiger partial charge in [0, 0.05) is 18.5 Å². The molecule has 3 aromatic rings. The molecule has 1 aliphatic heterocycles. The van der Waals surface area contributed by atoms with E-state index in [2.05, 4.69) is 24.3 Å². The Labute approximate surface area is 157 Å². The number of carbonyl (C=O) groups excluding carboxylic acids is 1. The monoisotopic (exact) mass is 368 g/mol. The summed E-state index contributed by atoms with van der Waals surface area (Å²) < 4.78 is 12.7. The van der Waals surface area contributed by atoms with Crippen molar-refractivity contribution in [3.05, 3.63) is 24.3 Å². The molecule has 7 nitrogen and oxygen atoms in total. The lowest BCUT2D eigenvalue weighted by atomic mass is 10.1. The molecular formula is C20H24N4O3. The van der Waals surface area contributed by atoms with E-state index in [-0.39, 0.29) is 5.91 Å². The van der Waals surface area contributed by atoms with Crippen LogP contribution in [0, 0.1) is 5.92 Å². The summed E-state index contributed by atoms with van der Waals surface area (Å²) >= 11 is 0. The lowest BCUT2D eigenvalue weighted by molar-refractivity contribution is -0.124. The van der Waals surface area contributed by atoms with Crippen LogP contribution in [0.15, 0.2) is 24.3 Å². The number of nitrogens with one attached hydrogen (secondary N) is 1. The number of hydrogen-bond acceptors (Lipinski definition) is 5. The quantitative estimate of drug-likeness (QED) is 0.747. The molecule has 1 saturated heterocycles. The van der Waals surface area contributed by atoms with Crippen LogP contribution in [0.25, 0.3) is 21.9 Å². The first kappa shape index (κ1) is 17.7. The number of nitrogens with zero attached hydrogens (tertiary/aromatic N) is 3. The standard InChI is InChI=1S/C20H24N4O3/c1-12(2)11-24-19-15(10-13-9-14(26-3)6-7-16(13)21-19)18(23-24)22-20(25)17-5-4-8-27-17/h6-7,9-10,12,17H,4-5,8,11H2,1-3H3,(H,22,23,25)/t17-/m0/s1. The fraction of sp³-hybridized carbons (Fsp3) is 0.450. The molecule has 0 aliphatic carbocycles. The van der Waals surface area contributed by atoms with Crippen LogP contribution in [-0.2, 0) is 16.1 Å². The predicted molar refractivity (Wildman–Crippen MR) is 104 cm³/mol. The van der Waals surface area contributed by atoms with Crippen LogP contribution in [0.2, 0.25) is 0 Å². The van der Waals surface area contributed by atoms with Crippen LogP contribution < -0.4 is 10.1 Å². The van der Waals surface area contributed by atoms with Gasteiger partial charge in [0.2, 0.25) is 0 Å². The molecule has 7 heteroatoms. The molecule has 0 spiro atoms. The fourth-order valence-corrected chi connectivity index (χ4v) is 3.41. The van der Waals surface area contributed by atoms with Crippen molar-refractivity contribution in [3.8, 4) is 5.75 Å². The summed E-state index contributed by atoms with van der Waals surface area (Å²) in [4.78, 5) is 17.3.